The molecule has 0 saturated carbocycles. The largest absolute Gasteiger partial charge is 0.480 e. The molecule has 0 aliphatic rings. The van der Waals surface area contributed by atoms with E-state index in [0.717, 1.165) is 0 Å². The first kappa shape index (κ1) is 14.2. The minimum atomic E-state index is -1.05. The molecule has 1 aromatic rings. The van der Waals surface area contributed by atoms with Crippen LogP contribution in [-0.2, 0) is 4.79 Å². The highest BCUT2D eigenvalue weighted by atomic mass is 16.5. The average Bonchev–Trinajstić information content (AvgIpc) is 2.34. The van der Waals surface area contributed by atoms with Crippen LogP contribution in [0, 0.1) is 6.92 Å². The smallest absolute Gasteiger partial charge is 0.329 e. The zero-order chi connectivity index (χ0) is 13.8. The summed E-state index contributed by atoms with van der Waals surface area (Å²) in [5.41, 5.74) is -0.344. The molecule has 0 saturated heterocycles. The monoisotopic (exact) mass is 253 g/mol. The maximum absolute atomic E-state index is 11.2. The number of anilines is 1. The van der Waals surface area contributed by atoms with E-state index in [1.165, 1.54) is 6.33 Å². The van der Waals surface area contributed by atoms with Crippen molar-refractivity contribution in [1.29, 1.82) is 0 Å². The summed E-state index contributed by atoms with van der Waals surface area (Å²) in [4.78, 5) is 19.3. The van der Waals surface area contributed by atoms with Crippen LogP contribution in [0.1, 0.15) is 32.8 Å². The zero-order valence-corrected chi connectivity index (χ0v) is 11.1. The second kappa shape index (κ2) is 5.66. The van der Waals surface area contributed by atoms with Gasteiger partial charge in [-0.15, -0.1) is 0 Å². The normalized spacial score (nSPS) is 13.8. The third-order valence-electron chi connectivity index (χ3n) is 2.89. The number of rotatable bonds is 6. The molecule has 0 spiro atoms. The molecule has 0 fully saturated rings. The molecule has 6 nitrogen and oxygen atoms in total. The minimum absolute atomic E-state index is 0.440. The highest BCUT2D eigenvalue weighted by molar-refractivity contribution is 5.82. The van der Waals surface area contributed by atoms with Crippen molar-refractivity contribution < 1.29 is 14.6 Å². The van der Waals surface area contributed by atoms with Gasteiger partial charge in [-0.1, -0.05) is 6.92 Å². The molecule has 100 valence electrons. The van der Waals surface area contributed by atoms with Crippen LogP contribution in [0.4, 0.5) is 5.82 Å². The number of carboxylic acids is 1. The number of carbonyl (C=O) groups is 1. The van der Waals surface area contributed by atoms with Crippen molar-refractivity contribution >= 4 is 11.8 Å². The van der Waals surface area contributed by atoms with Crippen molar-refractivity contribution in [1.82, 2.24) is 9.97 Å². The molecule has 1 heterocycles. The molecule has 1 aromatic heterocycles. The number of aromatic nitrogens is 2. The van der Waals surface area contributed by atoms with Gasteiger partial charge in [-0.05, 0) is 27.2 Å². The lowest BCUT2D eigenvalue weighted by Gasteiger charge is -2.26. The average molecular weight is 253 g/mol. The van der Waals surface area contributed by atoms with Gasteiger partial charge in [0.1, 0.15) is 17.7 Å². The molecule has 1 rings (SSSR count). The van der Waals surface area contributed by atoms with Crippen LogP contribution in [0.2, 0.25) is 0 Å². The molecular formula is C12H19N3O3. The second-order valence-electron chi connectivity index (χ2n) is 4.20. The van der Waals surface area contributed by atoms with Crippen LogP contribution in [0.5, 0.6) is 5.88 Å². The number of carboxylic acid groups (broad SMARTS) is 1. The molecule has 0 aliphatic heterocycles. The number of nitrogens with one attached hydrogen (secondary N) is 1. The molecule has 0 radical (unpaired) electrons. The third kappa shape index (κ3) is 2.88. The van der Waals surface area contributed by atoms with E-state index in [-0.39, 0.29) is 0 Å². The Balaban J connectivity index is 3.04. The maximum Gasteiger partial charge on any atom is 0.329 e. The van der Waals surface area contributed by atoms with Gasteiger partial charge in [-0.3, -0.25) is 0 Å². The quantitative estimate of drug-likeness (QED) is 0.804. The van der Waals surface area contributed by atoms with Crippen molar-refractivity contribution in [2.75, 3.05) is 11.9 Å². The Bertz CT molecular complexity index is 437. The fourth-order valence-electron chi connectivity index (χ4n) is 1.40. The molecule has 6 heteroatoms. The van der Waals surface area contributed by atoms with Crippen LogP contribution in [0.15, 0.2) is 6.33 Å². The van der Waals surface area contributed by atoms with E-state index in [1.807, 2.05) is 6.92 Å². The molecule has 1 atom stereocenters. The first-order valence-electron chi connectivity index (χ1n) is 5.90. The predicted octanol–water partition coefficient (Wildman–Crippen LogP) is 1.85. The van der Waals surface area contributed by atoms with E-state index in [0.29, 0.717) is 30.3 Å². The van der Waals surface area contributed by atoms with E-state index in [4.69, 9.17) is 4.74 Å². The molecule has 0 aromatic carbocycles. The number of ether oxygens (including phenoxy) is 1. The Morgan fingerprint density at radius 1 is 1.50 bits per heavy atom. The van der Waals surface area contributed by atoms with Gasteiger partial charge in [0.15, 0.2) is 0 Å². The molecule has 18 heavy (non-hydrogen) atoms. The Kier molecular flexibility index (Phi) is 4.47. The molecule has 0 amide bonds. The van der Waals surface area contributed by atoms with Gasteiger partial charge >= 0.3 is 5.97 Å². The first-order chi connectivity index (χ1) is 8.44. The zero-order valence-electron chi connectivity index (χ0n) is 11.1. The number of aliphatic carboxylic acids is 1. The lowest BCUT2D eigenvalue weighted by molar-refractivity contribution is -0.141. The Labute approximate surface area is 106 Å². The van der Waals surface area contributed by atoms with Crippen molar-refractivity contribution in [3.63, 3.8) is 0 Å². The van der Waals surface area contributed by atoms with E-state index >= 15 is 0 Å². The molecule has 0 bridgehead atoms. The summed E-state index contributed by atoms with van der Waals surface area (Å²) in [7, 11) is 0. The highest BCUT2D eigenvalue weighted by Gasteiger charge is 2.32. The highest BCUT2D eigenvalue weighted by Crippen LogP contribution is 2.24. The van der Waals surface area contributed by atoms with Gasteiger partial charge < -0.3 is 15.2 Å². The Morgan fingerprint density at radius 2 is 2.17 bits per heavy atom. The molecular weight excluding hydrogens is 234 g/mol. The fourth-order valence-corrected chi connectivity index (χ4v) is 1.40. The van der Waals surface area contributed by atoms with Gasteiger partial charge in [0.25, 0.3) is 0 Å². The van der Waals surface area contributed by atoms with Crippen LogP contribution in [0.3, 0.4) is 0 Å². The van der Waals surface area contributed by atoms with Crippen molar-refractivity contribution in [3.05, 3.63) is 11.9 Å². The predicted molar refractivity (Wildman–Crippen MR) is 67.9 cm³/mol. The van der Waals surface area contributed by atoms with Gasteiger partial charge in [-0.2, -0.15) is 0 Å². The second-order valence-corrected chi connectivity index (χ2v) is 4.20. The van der Waals surface area contributed by atoms with E-state index in [9.17, 15) is 9.90 Å². The minimum Gasteiger partial charge on any atom is -0.480 e. The summed E-state index contributed by atoms with van der Waals surface area (Å²) in [5, 5.41) is 12.2. The van der Waals surface area contributed by atoms with Crippen molar-refractivity contribution in [2.24, 2.45) is 0 Å². The lowest BCUT2D eigenvalue weighted by atomic mass is 9.99. The third-order valence-corrected chi connectivity index (χ3v) is 2.89. The number of hydrogen-bond acceptors (Lipinski definition) is 5. The van der Waals surface area contributed by atoms with Crippen molar-refractivity contribution in [2.45, 2.75) is 39.7 Å². The standard InChI is InChI=1S/C12H19N3O3/c1-5-12(4,11(16)17)15-9-8(3)10(18-6-2)14-7-13-9/h7H,5-6H2,1-4H3,(H,16,17)(H,13,14,15). The van der Waals surface area contributed by atoms with Crippen molar-refractivity contribution in [3.8, 4) is 5.88 Å². The summed E-state index contributed by atoms with van der Waals surface area (Å²) in [6, 6.07) is 0. The van der Waals surface area contributed by atoms with E-state index in [2.05, 4.69) is 15.3 Å². The Morgan fingerprint density at radius 3 is 2.67 bits per heavy atom. The molecule has 1 unspecified atom stereocenters. The van der Waals surface area contributed by atoms with Gasteiger partial charge in [0, 0.05) is 0 Å². The maximum atomic E-state index is 11.2. The molecule has 0 aliphatic carbocycles. The summed E-state index contributed by atoms with van der Waals surface area (Å²) in [6.07, 6.45) is 1.80. The lowest BCUT2D eigenvalue weighted by Crippen LogP contribution is -2.43. The van der Waals surface area contributed by atoms with Gasteiger partial charge in [0.2, 0.25) is 5.88 Å². The van der Waals surface area contributed by atoms with Gasteiger partial charge in [-0.25, -0.2) is 14.8 Å². The van der Waals surface area contributed by atoms with Crippen LogP contribution in [-0.4, -0.2) is 33.2 Å². The number of hydrogen-bond donors (Lipinski definition) is 2. The summed E-state index contributed by atoms with van der Waals surface area (Å²) in [5.74, 6) is 0.0417. The Hall–Kier alpha value is -1.85. The summed E-state index contributed by atoms with van der Waals surface area (Å²) < 4.78 is 5.35. The topological polar surface area (TPSA) is 84.3 Å². The van der Waals surface area contributed by atoms with Crippen LogP contribution < -0.4 is 10.1 Å². The van der Waals surface area contributed by atoms with Crippen LogP contribution >= 0.6 is 0 Å². The van der Waals surface area contributed by atoms with E-state index in [1.54, 1.807) is 20.8 Å². The number of nitrogens with zero attached hydrogens (tertiary/aromatic N) is 2. The van der Waals surface area contributed by atoms with Crippen LogP contribution in [0.25, 0.3) is 0 Å². The first-order valence-corrected chi connectivity index (χ1v) is 5.90. The molecule has 2 N–H and O–H groups in total. The summed E-state index contributed by atoms with van der Waals surface area (Å²) >= 11 is 0. The SMILES string of the molecule is CCOc1ncnc(NC(C)(CC)C(=O)O)c1C. The van der Waals surface area contributed by atoms with E-state index < -0.39 is 11.5 Å². The fraction of sp³-hybridized carbons (Fsp3) is 0.583. The van der Waals surface area contributed by atoms with Gasteiger partial charge in [0.05, 0.1) is 12.2 Å². The summed E-state index contributed by atoms with van der Waals surface area (Å²) in [6.45, 7) is 7.59.